The number of rotatable bonds is 14. The Morgan fingerprint density at radius 2 is 1.74 bits per heavy atom. The van der Waals surface area contributed by atoms with Gasteiger partial charge in [-0.1, -0.05) is 6.42 Å². The summed E-state index contributed by atoms with van der Waals surface area (Å²) < 4.78 is 86.8. The second-order valence-corrected chi connectivity index (χ2v) is 19.4. The number of halogens is 2. The van der Waals surface area contributed by atoms with Crippen molar-refractivity contribution in [3.8, 4) is 11.5 Å². The van der Waals surface area contributed by atoms with Crippen LogP contribution >= 0.6 is 11.5 Å². The monoisotopic (exact) mass is 836 g/mol. The standard InChI is InChI=1S/C39H54F2N6O8S2/c1-24(45-35(48)54-37(2,3)4)26(15-27-11-10-14-39(27)21-46(22-39)36(49)55-38(5,6)7)19-42-31-17-30(41)33(18-29(31)40)57(50,51)47(34-43-23-44-56-34)20-25-12-13-28(52-8)16-32(25)53-9/h12-13,16-18,23-24,26-27,42H,10-11,14-15,19-22H2,1-9H3,(H,45,48). The zero-order valence-corrected chi connectivity index (χ0v) is 35.6. The number of alkyl carbamates (subject to hydrolysis) is 1. The van der Waals surface area contributed by atoms with E-state index in [9.17, 15) is 18.0 Å². The molecule has 0 bridgehead atoms. The number of anilines is 2. The molecule has 14 nitrogen and oxygen atoms in total. The van der Waals surface area contributed by atoms with Crippen molar-refractivity contribution in [3.63, 3.8) is 0 Å². The summed E-state index contributed by atoms with van der Waals surface area (Å²) in [7, 11) is -1.84. The predicted molar refractivity (Wildman–Crippen MR) is 212 cm³/mol. The highest BCUT2D eigenvalue weighted by Crippen LogP contribution is 2.52. The number of sulfonamides is 1. The molecule has 1 aliphatic heterocycles. The maximum atomic E-state index is 16.0. The summed E-state index contributed by atoms with van der Waals surface area (Å²) in [6.45, 7) is 13.5. The second-order valence-electron chi connectivity index (χ2n) is 16.8. The number of hydrogen-bond donors (Lipinski definition) is 2. The lowest BCUT2D eigenvalue weighted by molar-refractivity contribution is -0.0542. The number of benzene rings is 2. The van der Waals surface area contributed by atoms with Crippen LogP contribution in [-0.2, 0) is 26.0 Å². The number of hydrogen-bond acceptors (Lipinski definition) is 12. The zero-order chi connectivity index (χ0) is 41.9. The minimum absolute atomic E-state index is 0.0606. The molecule has 18 heteroatoms. The van der Waals surface area contributed by atoms with E-state index in [-0.39, 0.29) is 47.3 Å². The van der Waals surface area contributed by atoms with E-state index < -0.39 is 49.9 Å². The molecule has 1 saturated heterocycles. The van der Waals surface area contributed by atoms with E-state index in [2.05, 4.69) is 20.0 Å². The third-order valence-electron chi connectivity index (χ3n) is 10.3. The molecule has 2 N–H and O–H groups in total. The molecule has 3 unspecified atom stereocenters. The number of nitrogens with one attached hydrogen (secondary N) is 2. The summed E-state index contributed by atoms with van der Waals surface area (Å²) >= 11 is 0.776. The fraction of sp³-hybridized carbons (Fsp3) is 0.590. The molecule has 1 aromatic heterocycles. The molecule has 1 saturated carbocycles. The van der Waals surface area contributed by atoms with Crippen LogP contribution in [0.25, 0.3) is 0 Å². The van der Waals surface area contributed by atoms with Crippen LogP contribution in [0.1, 0.15) is 79.7 Å². The van der Waals surface area contributed by atoms with Crippen molar-refractivity contribution in [2.45, 2.75) is 103 Å². The fourth-order valence-corrected chi connectivity index (χ4v) is 9.69. The lowest BCUT2D eigenvalue weighted by Crippen LogP contribution is -2.61. The normalized spacial score (nSPS) is 17.7. The third kappa shape index (κ3) is 10.5. The average molecular weight is 837 g/mol. The van der Waals surface area contributed by atoms with E-state index in [1.807, 2.05) is 27.7 Å². The molecule has 2 amide bonds. The summed E-state index contributed by atoms with van der Waals surface area (Å²) in [5.74, 6) is -1.51. The van der Waals surface area contributed by atoms with Crippen molar-refractivity contribution in [3.05, 3.63) is 53.9 Å². The Bertz CT molecular complexity index is 2000. The molecule has 2 fully saturated rings. The Labute approximate surface area is 337 Å². The Kier molecular flexibility index (Phi) is 13.2. The van der Waals surface area contributed by atoms with Crippen LogP contribution in [0.5, 0.6) is 11.5 Å². The molecule has 3 atom stereocenters. The van der Waals surface area contributed by atoms with Gasteiger partial charge in [0.1, 0.15) is 45.6 Å². The number of amides is 2. The summed E-state index contributed by atoms with van der Waals surface area (Å²) in [6, 6.07) is 5.81. The zero-order valence-electron chi connectivity index (χ0n) is 34.0. The molecule has 2 heterocycles. The first-order valence-corrected chi connectivity index (χ1v) is 21.1. The second kappa shape index (κ2) is 17.2. The van der Waals surface area contributed by atoms with Crippen molar-refractivity contribution in [1.82, 2.24) is 19.6 Å². The van der Waals surface area contributed by atoms with Crippen LogP contribution < -0.4 is 24.4 Å². The van der Waals surface area contributed by atoms with Crippen LogP contribution in [0.3, 0.4) is 0 Å². The van der Waals surface area contributed by atoms with Gasteiger partial charge in [-0.2, -0.15) is 4.37 Å². The van der Waals surface area contributed by atoms with E-state index in [0.717, 1.165) is 41.2 Å². The van der Waals surface area contributed by atoms with Crippen molar-refractivity contribution in [2.75, 3.05) is 43.5 Å². The minimum Gasteiger partial charge on any atom is -0.497 e. The highest BCUT2D eigenvalue weighted by Gasteiger charge is 2.54. The number of likely N-dealkylation sites (tertiary alicyclic amines) is 1. The smallest absolute Gasteiger partial charge is 0.410 e. The molecule has 1 spiro atoms. The van der Waals surface area contributed by atoms with Gasteiger partial charge in [0.2, 0.25) is 5.13 Å². The molecular weight excluding hydrogens is 783 g/mol. The molecule has 57 heavy (non-hydrogen) atoms. The van der Waals surface area contributed by atoms with Gasteiger partial charge in [0.25, 0.3) is 10.0 Å². The van der Waals surface area contributed by atoms with Gasteiger partial charge in [-0.25, -0.2) is 36.1 Å². The van der Waals surface area contributed by atoms with E-state index in [1.165, 1.54) is 20.5 Å². The van der Waals surface area contributed by atoms with Crippen molar-refractivity contribution in [2.24, 2.45) is 17.3 Å². The highest BCUT2D eigenvalue weighted by atomic mass is 32.2. The van der Waals surface area contributed by atoms with Crippen LogP contribution in [0.4, 0.5) is 29.2 Å². The lowest BCUT2D eigenvalue weighted by atomic mass is 9.68. The number of methoxy groups -OCH3 is 2. The Balaban J connectivity index is 1.37. The minimum atomic E-state index is -4.74. The van der Waals surface area contributed by atoms with Gasteiger partial charge in [0, 0.05) is 60.3 Å². The fourth-order valence-electron chi connectivity index (χ4n) is 7.50. The molecule has 0 radical (unpaired) electrons. The first-order chi connectivity index (χ1) is 26.6. The van der Waals surface area contributed by atoms with Gasteiger partial charge in [0.15, 0.2) is 0 Å². The topological polar surface area (TPSA) is 162 Å². The number of carbonyl (C=O) groups is 2. The quantitative estimate of drug-likeness (QED) is 0.165. The largest absolute Gasteiger partial charge is 0.497 e. The van der Waals surface area contributed by atoms with E-state index in [1.54, 1.807) is 43.9 Å². The SMILES string of the molecule is COc1ccc(CN(c2ncns2)S(=O)(=O)c2cc(F)c(NCC(CC3CCCC34CN(C(=O)OC(C)(C)C)C4)C(C)NC(=O)OC(C)(C)C)cc2F)c(OC)c1. The Morgan fingerprint density at radius 3 is 2.35 bits per heavy atom. The molecule has 2 aliphatic rings. The number of ether oxygens (including phenoxy) is 4. The molecule has 1 aliphatic carbocycles. The van der Waals surface area contributed by atoms with E-state index in [4.69, 9.17) is 18.9 Å². The van der Waals surface area contributed by atoms with Gasteiger partial charge in [-0.15, -0.1) is 0 Å². The molecule has 3 aromatic rings. The van der Waals surface area contributed by atoms with Crippen LogP contribution in [-0.4, -0.2) is 86.0 Å². The average Bonchev–Trinajstić information content (AvgIpc) is 3.78. The molecular formula is C39H54F2N6O8S2. The van der Waals surface area contributed by atoms with Crippen molar-refractivity contribution >= 4 is 44.6 Å². The summed E-state index contributed by atoms with van der Waals surface area (Å²) in [4.78, 5) is 30.5. The molecule has 314 valence electrons. The first-order valence-electron chi connectivity index (χ1n) is 18.9. The number of carbonyl (C=O) groups excluding carboxylic acids is 2. The van der Waals surface area contributed by atoms with Crippen LogP contribution in [0, 0.1) is 28.9 Å². The Morgan fingerprint density at radius 1 is 1.04 bits per heavy atom. The van der Waals surface area contributed by atoms with Crippen LogP contribution in [0.2, 0.25) is 0 Å². The van der Waals surface area contributed by atoms with Gasteiger partial charge >= 0.3 is 12.2 Å². The van der Waals surface area contributed by atoms with Gasteiger partial charge in [-0.3, -0.25) is 0 Å². The number of nitrogens with zero attached hydrogens (tertiary/aromatic N) is 4. The molecule has 5 rings (SSSR count). The van der Waals surface area contributed by atoms with Gasteiger partial charge in [0.05, 0.1) is 26.5 Å². The van der Waals surface area contributed by atoms with Gasteiger partial charge in [-0.05, 0) is 97.8 Å². The van der Waals surface area contributed by atoms with E-state index in [0.29, 0.717) is 42.6 Å². The maximum Gasteiger partial charge on any atom is 0.410 e. The summed E-state index contributed by atoms with van der Waals surface area (Å²) in [6.07, 6.45) is 3.61. The lowest BCUT2D eigenvalue weighted by Gasteiger charge is -2.52. The summed E-state index contributed by atoms with van der Waals surface area (Å²) in [5, 5.41) is 5.85. The van der Waals surface area contributed by atoms with Crippen molar-refractivity contribution in [1.29, 1.82) is 0 Å². The first kappa shape index (κ1) is 43.7. The number of aromatic nitrogens is 2. The summed E-state index contributed by atoms with van der Waals surface area (Å²) in [5.41, 5.74) is -1.31. The molecule has 2 aromatic carbocycles. The van der Waals surface area contributed by atoms with Crippen molar-refractivity contribution < 1.29 is 45.7 Å². The van der Waals surface area contributed by atoms with E-state index >= 15 is 8.78 Å². The maximum absolute atomic E-state index is 16.0. The highest BCUT2D eigenvalue weighted by molar-refractivity contribution is 7.93. The van der Waals surface area contributed by atoms with Crippen LogP contribution in [0.15, 0.2) is 41.6 Å². The Hall–Kier alpha value is -4.45. The van der Waals surface area contributed by atoms with Gasteiger partial charge < -0.3 is 34.5 Å². The predicted octanol–water partition coefficient (Wildman–Crippen LogP) is 7.60. The third-order valence-corrected chi connectivity index (χ3v) is 12.9.